The van der Waals surface area contributed by atoms with Crippen molar-refractivity contribution in [2.45, 2.75) is 54.2 Å². The van der Waals surface area contributed by atoms with E-state index in [4.69, 9.17) is 30.0 Å². The van der Waals surface area contributed by atoms with Crippen molar-refractivity contribution >= 4 is 39.4 Å². The van der Waals surface area contributed by atoms with Gasteiger partial charge in [-0.2, -0.15) is 8.42 Å². The van der Waals surface area contributed by atoms with Gasteiger partial charge in [0.1, 0.15) is 27.7 Å². The summed E-state index contributed by atoms with van der Waals surface area (Å²) < 4.78 is 63.6. The zero-order chi connectivity index (χ0) is 35.7. The lowest BCUT2D eigenvalue weighted by atomic mass is 9.80. The number of methoxy groups -OCH3 is 2. The molecule has 6 rings (SSSR count). The van der Waals surface area contributed by atoms with E-state index < -0.39 is 56.3 Å². The molecule has 13 nitrogen and oxygen atoms in total. The lowest BCUT2D eigenvalue weighted by molar-refractivity contribution is -0.120. The summed E-state index contributed by atoms with van der Waals surface area (Å²) in [7, 11) is -0.0529. The lowest BCUT2D eigenvalue weighted by Gasteiger charge is -2.54. The standard InChI is InChI=1S/C34H39ClFN5O8S/c1-5-48-33-24(7-6-14-37-33)30-31(29-23-10-8-20(36)17-25(23)38-32(29)42)40(19-28(35)41(30)21-12-15-39(2)16-13-21)34(43)49-50(44,45)27-11-9-22(46-3)18-26(27)47-4/h6-11,14,17-18,21,28-31H,5,12-13,15-16,19H2,1-4H3,(H,38,42). The molecule has 1 N–H and O–H groups in total. The minimum Gasteiger partial charge on any atom is -0.497 e. The Bertz CT molecular complexity index is 1860. The summed E-state index contributed by atoms with van der Waals surface area (Å²) in [6, 6.07) is 9.39. The number of pyridine rings is 1. The van der Waals surface area contributed by atoms with Crippen molar-refractivity contribution in [3.63, 3.8) is 0 Å². The number of alkyl halides is 1. The number of nitrogens with zero attached hydrogens (tertiary/aromatic N) is 4. The molecule has 2 saturated heterocycles. The molecule has 0 bridgehead atoms. The van der Waals surface area contributed by atoms with E-state index >= 15 is 0 Å². The van der Waals surface area contributed by atoms with Crippen LogP contribution in [0.4, 0.5) is 14.9 Å². The number of ether oxygens (including phenoxy) is 3. The van der Waals surface area contributed by atoms with Gasteiger partial charge in [0.25, 0.3) is 0 Å². The number of nitrogens with one attached hydrogen (secondary N) is 1. The number of amides is 2. The fourth-order valence-electron chi connectivity index (χ4n) is 7.20. The highest BCUT2D eigenvalue weighted by molar-refractivity contribution is 7.87. The number of anilines is 1. The van der Waals surface area contributed by atoms with Gasteiger partial charge in [-0.3, -0.25) is 14.6 Å². The molecule has 2 amide bonds. The Labute approximate surface area is 295 Å². The summed E-state index contributed by atoms with van der Waals surface area (Å²) in [5.41, 5.74) is 0.381. The van der Waals surface area contributed by atoms with Gasteiger partial charge in [-0.25, -0.2) is 14.2 Å². The van der Waals surface area contributed by atoms with Crippen LogP contribution in [0.5, 0.6) is 17.4 Å². The molecule has 4 atom stereocenters. The van der Waals surface area contributed by atoms with Crippen LogP contribution in [0.1, 0.15) is 42.9 Å². The second-order valence-corrected chi connectivity index (χ2v) is 14.4. The topological polar surface area (TPSA) is 140 Å². The van der Waals surface area contributed by atoms with Gasteiger partial charge < -0.3 is 28.6 Å². The number of piperidine rings is 1. The molecule has 50 heavy (non-hydrogen) atoms. The summed E-state index contributed by atoms with van der Waals surface area (Å²) in [5, 5.41) is 2.76. The molecule has 0 radical (unpaired) electrons. The van der Waals surface area contributed by atoms with Crippen molar-refractivity contribution in [1.82, 2.24) is 19.7 Å². The van der Waals surface area contributed by atoms with Crippen LogP contribution in [0.15, 0.2) is 59.6 Å². The van der Waals surface area contributed by atoms with E-state index in [2.05, 4.69) is 20.1 Å². The van der Waals surface area contributed by atoms with E-state index in [-0.39, 0.29) is 36.5 Å². The minimum absolute atomic E-state index is 0.0847. The molecule has 1 aromatic heterocycles. The number of rotatable bonds is 9. The van der Waals surface area contributed by atoms with E-state index in [0.717, 1.165) is 25.9 Å². The predicted molar refractivity (Wildman–Crippen MR) is 182 cm³/mol. The van der Waals surface area contributed by atoms with Gasteiger partial charge in [-0.15, -0.1) is 11.6 Å². The van der Waals surface area contributed by atoms with Crippen molar-refractivity contribution in [2.75, 3.05) is 52.8 Å². The molecule has 2 aromatic carbocycles. The SMILES string of the molecule is CCOc1ncccc1C1C(C2C(=O)Nc3cc(F)ccc32)N(C(=O)OS(=O)(=O)c2ccc(OC)cc2OC)CC(Cl)N1C1CCN(C)CC1. The summed E-state index contributed by atoms with van der Waals surface area (Å²) in [6.45, 7) is 3.46. The van der Waals surface area contributed by atoms with Crippen molar-refractivity contribution in [3.05, 3.63) is 71.7 Å². The summed E-state index contributed by atoms with van der Waals surface area (Å²) >= 11 is 7.23. The fourth-order valence-corrected chi connectivity index (χ4v) is 8.63. The van der Waals surface area contributed by atoms with E-state index in [1.54, 1.807) is 18.3 Å². The Morgan fingerprint density at radius 2 is 1.84 bits per heavy atom. The van der Waals surface area contributed by atoms with Crippen LogP contribution in [0.2, 0.25) is 0 Å². The number of carbonyl (C=O) groups is 2. The number of halogens is 2. The second kappa shape index (κ2) is 14.6. The molecule has 4 unspecified atom stereocenters. The summed E-state index contributed by atoms with van der Waals surface area (Å²) in [6.07, 6.45) is 1.80. The highest BCUT2D eigenvalue weighted by Gasteiger charge is 2.55. The quantitative estimate of drug-likeness (QED) is 0.188. The van der Waals surface area contributed by atoms with Crippen LogP contribution in [0.25, 0.3) is 0 Å². The summed E-state index contributed by atoms with van der Waals surface area (Å²) in [5.74, 6) is -1.65. The van der Waals surface area contributed by atoms with Gasteiger partial charge in [-0.05, 0) is 75.8 Å². The second-order valence-electron chi connectivity index (χ2n) is 12.4. The number of hydrogen-bond acceptors (Lipinski definition) is 11. The van der Waals surface area contributed by atoms with Crippen molar-refractivity contribution < 1.29 is 40.8 Å². The molecule has 2 fully saturated rings. The third-order valence-electron chi connectivity index (χ3n) is 9.47. The largest absolute Gasteiger partial charge is 0.497 e. The monoisotopic (exact) mass is 731 g/mol. The maximum atomic E-state index is 14.4. The first-order valence-corrected chi connectivity index (χ1v) is 18.1. The lowest BCUT2D eigenvalue weighted by Crippen LogP contribution is -2.65. The number of aromatic nitrogens is 1. The molecule has 3 aliphatic rings. The Morgan fingerprint density at radius 3 is 2.54 bits per heavy atom. The van der Waals surface area contributed by atoms with Gasteiger partial charge in [-0.1, -0.05) is 12.1 Å². The molecule has 4 heterocycles. The highest BCUT2D eigenvalue weighted by Crippen LogP contribution is 2.49. The molecule has 0 saturated carbocycles. The minimum atomic E-state index is -4.78. The molecule has 16 heteroatoms. The number of fused-ring (bicyclic) bond motifs is 1. The first-order valence-electron chi connectivity index (χ1n) is 16.2. The van der Waals surface area contributed by atoms with Gasteiger partial charge >= 0.3 is 16.2 Å². The Morgan fingerprint density at radius 1 is 1.08 bits per heavy atom. The van der Waals surface area contributed by atoms with Crippen molar-refractivity contribution in [3.8, 4) is 17.4 Å². The van der Waals surface area contributed by atoms with Crippen LogP contribution >= 0.6 is 11.6 Å². The van der Waals surface area contributed by atoms with E-state index in [0.29, 0.717) is 16.9 Å². The Hall–Kier alpha value is -4.18. The van der Waals surface area contributed by atoms with Crippen molar-refractivity contribution in [1.29, 1.82) is 0 Å². The zero-order valence-corrected chi connectivity index (χ0v) is 29.6. The van der Waals surface area contributed by atoms with E-state index in [1.165, 1.54) is 55.5 Å². The number of piperazine rings is 1. The summed E-state index contributed by atoms with van der Waals surface area (Å²) in [4.78, 5) is 37.9. The number of likely N-dealkylation sites (tertiary alicyclic amines) is 1. The third kappa shape index (κ3) is 6.78. The average molecular weight is 732 g/mol. The van der Waals surface area contributed by atoms with E-state index in [1.807, 2.05) is 14.0 Å². The van der Waals surface area contributed by atoms with Gasteiger partial charge in [0, 0.05) is 29.6 Å². The fraction of sp³-hybridized carbons (Fsp3) is 0.441. The van der Waals surface area contributed by atoms with Crippen LogP contribution in [-0.4, -0.2) is 105 Å². The molecule has 3 aliphatic heterocycles. The Balaban J connectivity index is 1.51. The number of hydrogen-bond donors (Lipinski definition) is 1. The highest BCUT2D eigenvalue weighted by atomic mass is 35.5. The van der Waals surface area contributed by atoms with Crippen molar-refractivity contribution in [2.24, 2.45) is 0 Å². The average Bonchev–Trinajstić information content (AvgIpc) is 3.42. The first-order chi connectivity index (χ1) is 24.0. The maximum absolute atomic E-state index is 14.4. The van der Waals surface area contributed by atoms with Crippen LogP contribution < -0.4 is 19.5 Å². The van der Waals surface area contributed by atoms with Crippen LogP contribution in [0, 0.1) is 5.82 Å². The maximum Gasteiger partial charge on any atom is 0.426 e. The first kappa shape index (κ1) is 35.6. The van der Waals surface area contributed by atoms with Gasteiger partial charge in [0.05, 0.1) is 45.4 Å². The Kier molecular flexibility index (Phi) is 10.4. The number of carbonyl (C=O) groups excluding carboxylic acids is 2. The van der Waals surface area contributed by atoms with E-state index in [9.17, 15) is 22.4 Å². The molecular weight excluding hydrogens is 693 g/mol. The third-order valence-corrected chi connectivity index (χ3v) is 11.1. The van der Waals surface area contributed by atoms with Gasteiger partial charge in [0.15, 0.2) is 0 Å². The normalized spacial score (nSPS) is 23.2. The van der Waals surface area contributed by atoms with Gasteiger partial charge in [0.2, 0.25) is 11.8 Å². The molecule has 3 aromatic rings. The van der Waals surface area contributed by atoms with Crippen LogP contribution in [0.3, 0.4) is 0 Å². The molecule has 268 valence electrons. The molecular formula is C34H39ClFN5O8S. The zero-order valence-electron chi connectivity index (χ0n) is 28.0. The predicted octanol–water partition coefficient (Wildman–Crippen LogP) is 4.58. The van der Waals surface area contributed by atoms with Crippen LogP contribution in [-0.2, 0) is 19.1 Å². The molecule has 0 spiro atoms. The molecule has 0 aliphatic carbocycles. The smallest absolute Gasteiger partial charge is 0.426 e. The number of benzene rings is 2.